The van der Waals surface area contributed by atoms with E-state index in [1.807, 2.05) is 23.1 Å². The van der Waals surface area contributed by atoms with Crippen LogP contribution < -0.4 is 20.5 Å². The summed E-state index contributed by atoms with van der Waals surface area (Å²) >= 11 is 0. The van der Waals surface area contributed by atoms with Crippen molar-refractivity contribution in [3.63, 3.8) is 0 Å². The zero-order chi connectivity index (χ0) is 17.4. The monoisotopic (exact) mass is 334 g/mol. The molecule has 2 rings (SSSR count). The van der Waals surface area contributed by atoms with Gasteiger partial charge in [0.15, 0.2) is 17.5 Å². The second-order valence-electron chi connectivity index (χ2n) is 5.69. The van der Waals surface area contributed by atoms with Crippen LogP contribution in [-0.4, -0.2) is 50.6 Å². The molecule has 132 valence electrons. The molecule has 3 N–H and O–H groups in total. The number of benzene rings is 1. The lowest BCUT2D eigenvalue weighted by Gasteiger charge is -2.26. The largest absolute Gasteiger partial charge is 0.493 e. The summed E-state index contributed by atoms with van der Waals surface area (Å²) in [6.07, 6.45) is 3.36. The summed E-state index contributed by atoms with van der Waals surface area (Å²) in [5, 5.41) is 2.88. The molecule has 0 saturated carbocycles. The third-order valence-electron chi connectivity index (χ3n) is 4.01. The molecule has 1 saturated heterocycles. The maximum absolute atomic E-state index is 12.1. The molecule has 1 aliphatic heterocycles. The highest BCUT2D eigenvalue weighted by molar-refractivity contribution is 5.85. The molecule has 7 heteroatoms. The lowest BCUT2D eigenvalue weighted by atomic mass is 10.1. The lowest BCUT2D eigenvalue weighted by molar-refractivity contribution is -0.130. The van der Waals surface area contributed by atoms with E-state index in [1.165, 1.54) is 6.42 Å². The summed E-state index contributed by atoms with van der Waals surface area (Å²) in [4.78, 5) is 18.2. The number of piperidine rings is 1. The minimum atomic E-state index is 0.0685. The van der Waals surface area contributed by atoms with Gasteiger partial charge in [0.2, 0.25) is 5.91 Å². The van der Waals surface area contributed by atoms with Crippen molar-refractivity contribution in [3.05, 3.63) is 23.8 Å². The predicted molar refractivity (Wildman–Crippen MR) is 93.3 cm³/mol. The number of nitrogens with two attached hydrogens (primary N) is 1. The van der Waals surface area contributed by atoms with Crippen molar-refractivity contribution in [2.24, 2.45) is 10.7 Å². The lowest BCUT2D eigenvalue weighted by Crippen LogP contribution is -2.44. The first kappa shape index (κ1) is 17.9. The van der Waals surface area contributed by atoms with Crippen molar-refractivity contribution in [2.75, 3.05) is 33.9 Å². The van der Waals surface area contributed by atoms with Crippen LogP contribution in [-0.2, 0) is 11.3 Å². The molecule has 1 amide bonds. The van der Waals surface area contributed by atoms with Gasteiger partial charge in [-0.3, -0.25) is 4.79 Å². The fraction of sp³-hybridized carbons (Fsp3) is 0.529. The van der Waals surface area contributed by atoms with Crippen molar-refractivity contribution in [3.8, 4) is 11.5 Å². The number of ether oxygens (including phenoxy) is 2. The smallest absolute Gasteiger partial charge is 0.241 e. The number of methoxy groups -OCH3 is 2. The summed E-state index contributed by atoms with van der Waals surface area (Å²) in [5.41, 5.74) is 6.78. The number of likely N-dealkylation sites (tertiary alicyclic amines) is 1. The topological polar surface area (TPSA) is 89.2 Å². The fourth-order valence-electron chi connectivity index (χ4n) is 2.63. The van der Waals surface area contributed by atoms with Gasteiger partial charge in [-0.15, -0.1) is 0 Å². The van der Waals surface area contributed by atoms with E-state index >= 15 is 0 Å². The molecule has 1 heterocycles. The molecule has 24 heavy (non-hydrogen) atoms. The molecule has 1 aromatic carbocycles. The molecule has 7 nitrogen and oxygen atoms in total. The fourth-order valence-corrected chi connectivity index (χ4v) is 2.63. The number of carbonyl (C=O) groups is 1. The van der Waals surface area contributed by atoms with E-state index in [1.54, 1.807) is 14.2 Å². The maximum Gasteiger partial charge on any atom is 0.241 e. The number of amides is 1. The maximum atomic E-state index is 12.1. The Bertz CT molecular complexity index is 583. The van der Waals surface area contributed by atoms with Gasteiger partial charge in [-0.25, -0.2) is 4.99 Å². The Labute approximate surface area is 142 Å². The van der Waals surface area contributed by atoms with Gasteiger partial charge in [-0.2, -0.15) is 0 Å². The average Bonchev–Trinajstić information content (AvgIpc) is 2.64. The normalized spacial score (nSPS) is 15.1. The molecule has 0 aliphatic carbocycles. The Kier molecular flexibility index (Phi) is 6.72. The second kappa shape index (κ2) is 9.00. The van der Waals surface area contributed by atoms with E-state index in [9.17, 15) is 4.79 Å². The standard InChI is InChI=1S/C17H26N4O3/c1-23-14-7-6-13(10-15(14)24-2)11-19-17(18)20-12-16(22)21-8-4-3-5-9-21/h6-7,10H,3-5,8-9,11-12H2,1-2H3,(H3,18,19,20). The molecular weight excluding hydrogens is 308 g/mol. The highest BCUT2D eigenvalue weighted by Crippen LogP contribution is 2.27. The van der Waals surface area contributed by atoms with Crippen LogP contribution in [0.3, 0.4) is 0 Å². The van der Waals surface area contributed by atoms with Gasteiger partial charge in [0, 0.05) is 13.1 Å². The van der Waals surface area contributed by atoms with Gasteiger partial charge in [0.25, 0.3) is 0 Å². The summed E-state index contributed by atoms with van der Waals surface area (Å²) in [5.74, 6) is 1.65. The summed E-state index contributed by atoms with van der Waals surface area (Å²) in [6, 6.07) is 5.58. The predicted octanol–water partition coefficient (Wildman–Crippen LogP) is 1.12. The molecular formula is C17H26N4O3. The molecule has 0 spiro atoms. The first-order valence-corrected chi connectivity index (χ1v) is 8.16. The molecule has 0 atom stereocenters. The second-order valence-corrected chi connectivity index (χ2v) is 5.69. The molecule has 1 aliphatic rings. The zero-order valence-electron chi connectivity index (χ0n) is 14.4. The quantitative estimate of drug-likeness (QED) is 0.601. The Morgan fingerprint density at radius 3 is 2.58 bits per heavy atom. The number of aliphatic imine (C=N–C) groups is 1. The summed E-state index contributed by atoms with van der Waals surface area (Å²) < 4.78 is 10.5. The molecule has 0 bridgehead atoms. The Balaban J connectivity index is 1.84. The Morgan fingerprint density at radius 1 is 1.21 bits per heavy atom. The van der Waals surface area contributed by atoms with E-state index in [0.29, 0.717) is 18.0 Å². The number of guanidine groups is 1. The van der Waals surface area contributed by atoms with E-state index in [-0.39, 0.29) is 18.4 Å². The number of rotatable bonds is 6. The van der Waals surface area contributed by atoms with E-state index in [4.69, 9.17) is 15.2 Å². The molecule has 0 radical (unpaired) electrons. The third-order valence-corrected chi connectivity index (χ3v) is 4.01. The van der Waals surface area contributed by atoms with Crippen LogP contribution in [0.25, 0.3) is 0 Å². The van der Waals surface area contributed by atoms with Crippen molar-refractivity contribution in [1.29, 1.82) is 0 Å². The summed E-state index contributed by atoms with van der Waals surface area (Å²) in [7, 11) is 3.18. The number of hydrogen-bond donors (Lipinski definition) is 2. The van der Waals surface area contributed by atoms with Gasteiger partial charge in [0.05, 0.1) is 27.3 Å². The SMILES string of the molecule is COc1ccc(CN=C(N)NCC(=O)N2CCCCC2)cc1OC. The van der Waals surface area contributed by atoms with Crippen molar-refractivity contribution in [2.45, 2.75) is 25.8 Å². The number of nitrogens with one attached hydrogen (secondary N) is 1. The Morgan fingerprint density at radius 2 is 1.92 bits per heavy atom. The Hall–Kier alpha value is -2.44. The zero-order valence-corrected chi connectivity index (χ0v) is 14.4. The van der Waals surface area contributed by atoms with Crippen LogP contribution in [0.4, 0.5) is 0 Å². The highest BCUT2D eigenvalue weighted by Gasteiger charge is 2.15. The van der Waals surface area contributed by atoms with Gasteiger partial charge >= 0.3 is 0 Å². The first-order chi connectivity index (χ1) is 11.6. The van der Waals surface area contributed by atoms with Crippen LogP contribution in [0.2, 0.25) is 0 Å². The van der Waals surface area contributed by atoms with Crippen molar-refractivity contribution >= 4 is 11.9 Å². The van der Waals surface area contributed by atoms with Crippen LogP contribution in [0, 0.1) is 0 Å². The van der Waals surface area contributed by atoms with Gasteiger partial charge in [-0.1, -0.05) is 6.07 Å². The number of carbonyl (C=O) groups excluding carboxylic acids is 1. The molecule has 1 aromatic rings. The minimum absolute atomic E-state index is 0.0685. The van der Waals surface area contributed by atoms with Crippen molar-refractivity contribution < 1.29 is 14.3 Å². The van der Waals surface area contributed by atoms with Gasteiger partial charge in [0.1, 0.15) is 0 Å². The summed E-state index contributed by atoms with van der Waals surface area (Å²) in [6.45, 7) is 2.25. The van der Waals surface area contributed by atoms with Crippen LogP contribution >= 0.6 is 0 Å². The van der Waals surface area contributed by atoms with Crippen LogP contribution in [0.5, 0.6) is 11.5 Å². The number of nitrogens with zero attached hydrogens (tertiary/aromatic N) is 2. The van der Waals surface area contributed by atoms with Gasteiger partial charge in [-0.05, 0) is 37.0 Å². The van der Waals surface area contributed by atoms with Crippen LogP contribution in [0.1, 0.15) is 24.8 Å². The van der Waals surface area contributed by atoms with E-state index in [0.717, 1.165) is 31.5 Å². The third kappa shape index (κ3) is 5.04. The molecule has 0 unspecified atom stereocenters. The van der Waals surface area contributed by atoms with Crippen molar-refractivity contribution in [1.82, 2.24) is 10.2 Å². The average molecular weight is 334 g/mol. The highest BCUT2D eigenvalue weighted by atomic mass is 16.5. The minimum Gasteiger partial charge on any atom is -0.493 e. The van der Waals surface area contributed by atoms with E-state index in [2.05, 4.69) is 10.3 Å². The van der Waals surface area contributed by atoms with Crippen LogP contribution in [0.15, 0.2) is 23.2 Å². The van der Waals surface area contributed by atoms with Gasteiger partial charge < -0.3 is 25.4 Å². The number of hydrogen-bond acceptors (Lipinski definition) is 4. The molecule has 1 fully saturated rings. The van der Waals surface area contributed by atoms with E-state index < -0.39 is 0 Å². The molecule has 0 aromatic heterocycles. The first-order valence-electron chi connectivity index (χ1n) is 8.16.